The lowest BCUT2D eigenvalue weighted by Crippen LogP contribution is -2.43. The number of aliphatic hydroxyl groups is 1. The van der Waals surface area contributed by atoms with Gasteiger partial charge < -0.3 is 15.3 Å². The van der Waals surface area contributed by atoms with E-state index in [4.69, 9.17) is 0 Å². The first kappa shape index (κ1) is 16.4. The molecule has 1 aromatic heterocycles. The Hall–Kier alpha value is -2.41. The maximum Gasteiger partial charge on any atom is 0.318 e. The zero-order chi connectivity index (χ0) is 16.9. The fraction of sp³-hybridized carbons (Fsp3) is 0.471. The SMILES string of the molecule is Cn1ncnc1CNC(=O)N1CCCC1CC(O)c1ccccc1. The molecule has 2 heterocycles. The molecule has 1 saturated heterocycles. The predicted octanol–water partition coefficient (Wildman–Crippen LogP) is 1.61. The Morgan fingerprint density at radius 2 is 2.21 bits per heavy atom. The summed E-state index contributed by atoms with van der Waals surface area (Å²) in [6.07, 6.45) is 3.35. The molecule has 7 heteroatoms. The summed E-state index contributed by atoms with van der Waals surface area (Å²) in [5.74, 6) is 0.711. The van der Waals surface area contributed by atoms with Crippen LogP contribution in [-0.2, 0) is 13.6 Å². The number of hydrogen-bond donors (Lipinski definition) is 2. The number of aromatic nitrogens is 3. The van der Waals surface area contributed by atoms with E-state index in [1.165, 1.54) is 6.33 Å². The number of benzene rings is 1. The summed E-state index contributed by atoms with van der Waals surface area (Å²) in [6.45, 7) is 1.07. The van der Waals surface area contributed by atoms with Gasteiger partial charge in [-0.1, -0.05) is 30.3 Å². The Kier molecular flexibility index (Phi) is 5.10. The lowest BCUT2D eigenvalue weighted by Gasteiger charge is -2.27. The van der Waals surface area contributed by atoms with Crippen molar-refractivity contribution in [1.82, 2.24) is 25.0 Å². The summed E-state index contributed by atoms with van der Waals surface area (Å²) >= 11 is 0. The molecule has 3 rings (SSSR count). The van der Waals surface area contributed by atoms with Gasteiger partial charge in [-0.2, -0.15) is 5.10 Å². The van der Waals surface area contributed by atoms with Gasteiger partial charge in [0.2, 0.25) is 0 Å². The van der Waals surface area contributed by atoms with Gasteiger partial charge in [0.15, 0.2) is 0 Å². The van der Waals surface area contributed by atoms with Crippen LogP contribution < -0.4 is 5.32 Å². The van der Waals surface area contributed by atoms with Crippen LogP contribution in [-0.4, -0.2) is 43.4 Å². The standard InChI is InChI=1S/C17H23N5O2/c1-21-16(19-12-20-21)11-18-17(24)22-9-5-8-14(22)10-15(23)13-6-3-2-4-7-13/h2-4,6-7,12,14-15,23H,5,8-11H2,1H3,(H,18,24). The highest BCUT2D eigenvalue weighted by atomic mass is 16.3. The molecule has 2 atom stereocenters. The van der Waals surface area contributed by atoms with E-state index in [1.54, 1.807) is 11.7 Å². The van der Waals surface area contributed by atoms with Crippen LogP contribution >= 0.6 is 0 Å². The van der Waals surface area contributed by atoms with Gasteiger partial charge in [-0.3, -0.25) is 4.68 Å². The molecule has 0 saturated carbocycles. The monoisotopic (exact) mass is 329 g/mol. The van der Waals surface area contributed by atoms with Crippen LogP contribution in [0, 0.1) is 0 Å². The minimum atomic E-state index is -0.552. The zero-order valence-corrected chi connectivity index (χ0v) is 13.8. The molecule has 2 N–H and O–H groups in total. The van der Waals surface area contributed by atoms with Crippen molar-refractivity contribution in [2.75, 3.05) is 6.54 Å². The topological polar surface area (TPSA) is 83.3 Å². The fourth-order valence-electron chi connectivity index (χ4n) is 3.15. The molecule has 2 unspecified atom stereocenters. The van der Waals surface area contributed by atoms with E-state index < -0.39 is 6.10 Å². The summed E-state index contributed by atoms with van der Waals surface area (Å²) in [6, 6.07) is 9.53. The summed E-state index contributed by atoms with van der Waals surface area (Å²) in [4.78, 5) is 18.4. The number of nitrogens with one attached hydrogen (secondary N) is 1. The van der Waals surface area contributed by atoms with E-state index in [1.807, 2.05) is 35.2 Å². The van der Waals surface area contributed by atoms with Gasteiger partial charge in [0, 0.05) is 19.6 Å². The number of carbonyl (C=O) groups excluding carboxylic acids is 1. The summed E-state index contributed by atoms with van der Waals surface area (Å²) in [5.41, 5.74) is 0.892. The van der Waals surface area contributed by atoms with Crippen molar-refractivity contribution >= 4 is 6.03 Å². The zero-order valence-electron chi connectivity index (χ0n) is 13.8. The first-order valence-corrected chi connectivity index (χ1v) is 8.25. The Bertz CT molecular complexity index is 673. The van der Waals surface area contributed by atoms with Crippen molar-refractivity contribution in [2.45, 2.75) is 38.0 Å². The molecule has 2 amide bonds. The summed E-state index contributed by atoms with van der Waals surface area (Å²) < 4.78 is 1.64. The minimum Gasteiger partial charge on any atom is -0.388 e. The van der Waals surface area contributed by atoms with Gasteiger partial charge >= 0.3 is 6.03 Å². The van der Waals surface area contributed by atoms with E-state index in [0.717, 1.165) is 24.9 Å². The van der Waals surface area contributed by atoms with Crippen molar-refractivity contribution in [3.63, 3.8) is 0 Å². The lowest BCUT2D eigenvalue weighted by atomic mass is 10.0. The quantitative estimate of drug-likeness (QED) is 0.873. The number of aliphatic hydroxyl groups excluding tert-OH is 1. The fourth-order valence-corrected chi connectivity index (χ4v) is 3.15. The molecule has 7 nitrogen and oxygen atoms in total. The van der Waals surface area contributed by atoms with Gasteiger partial charge in [-0.25, -0.2) is 9.78 Å². The van der Waals surface area contributed by atoms with E-state index in [2.05, 4.69) is 15.4 Å². The molecular weight excluding hydrogens is 306 g/mol. The highest BCUT2D eigenvalue weighted by Gasteiger charge is 2.30. The Morgan fingerprint density at radius 1 is 1.42 bits per heavy atom. The molecule has 1 fully saturated rings. The number of hydrogen-bond acceptors (Lipinski definition) is 4. The smallest absolute Gasteiger partial charge is 0.318 e. The molecular formula is C17H23N5O2. The number of amides is 2. The third-order valence-corrected chi connectivity index (χ3v) is 4.52. The third-order valence-electron chi connectivity index (χ3n) is 4.52. The van der Waals surface area contributed by atoms with Crippen molar-refractivity contribution in [3.05, 3.63) is 48.0 Å². The molecule has 1 aliphatic heterocycles. The van der Waals surface area contributed by atoms with Gasteiger partial charge in [0.25, 0.3) is 0 Å². The van der Waals surface area contributed by atoms with Gasteiger partial charge in [0.05, 0.1) is 12.6 Å². The number of nitrogens with zero attached hydrogens (tertiary/aromatic N) is 4. The predicted molar refractivity (Wildman–Crippen MR) is 89.0 cm³/mol. The highest BCUT2D eigenvalue weighted by molar-refractivity contribution is 5.74. The third kappa shape index (κ3) is 3.73. The van der Waals surface area contributed by atoms with Crippen LogP contribution in [0.2, 0.25) is 0 Å². The Morgan fingerprint density at radius 3 is 2.92 bits per heavy atom. The second-order valence-electron chi connectivity index (χ2n) is 6.11. The normalized spacial score (nSPS) is 18.6. The summed E-state index contributed by atoms with van der Waals surface area (Å²) in [5, 5.41) is 17.3. The molecule has 0 aliphatic carbocycles. The van der Waals surface area contributed by atoms with Crippen LogP contribution in [0.3, 0.4) is 0 Å². The molecule has 1 aromatic carbocycles. The van der Waals surface area contributed by atoms with E-state index in [-0.39, 0.29) is 12.1 Å². The van der Waals surface area contributed by atoms with E-state index in [0.29, 0.717) is 18.8 Å². The van der Waals surface area contributed by atoms with E-state index in [9.17, 15) is 9.90 Å². The van der Waals surface area contributed by atoms with Crippen LogP contribution in [0.5, 0.6) is 0 Å². The van der Waals surface area contributed by atoms with Crippen molar-refractivity contribution in [3.8, 4) is 0 Å². The molecule has 128 valence electrons. The average molecular weight is 329 g/mol. The highest BCUT2D eigenvalue weighted by Crippen LogP contribution is 2.27. The molecule has 0 bridgehead atoms. The number of rotatable bonds is 5. The minimum absolute atomic E-state index is 0.0553. The Balaban J connectivity index is 1.56. The van der Waals surface area contributed by atoms with Crippen LogP contribution in [0.25, 0.3) is 0 Å². The second kappa shape index (κ2) is 7.44. The molecule has 0 spiro atoms. The average Bonchev–Trinajstić information content (AvgIpc) is 3.22. The molecule has 24 heavy (non-hydrogen) atoms. The van der Waals surface area contributed by atoms with E-state index >= 15 is 0 Å². The molecule has 0 radical (unpaired) electrons. The number of likely N-dealkylation sites (tertiary alicyclic amines) is 1. The van der Waals surface area contributed by atoms with Crippen LogP contribution in [0.15, 0.2) is 36.7 Å². The van der Waals surface area contributed by atoms with Gasteiger partial charge in [-0.15, -0.1) is 0 Å². The van der Waals surface area contributed by atoms with Gasteiger partial charge in [0.1, 0.15) is 12.2 Å². The largest absolute Gasteiger partial charge is 0.388 e. The first-order valence-electron chi connectivity index (χ1n) is 8.25. The first-order chi connectivity index (χ1) is 11.6. The summed E-state index contributed by atoms with van der Waals surface area (Å²) in [7, 11) is 1.80. The number of aryl methyl sites for hydroxylation is 1. The lowest BCUT2D eigenvalue weighted by molar-refractivity contribution is 0.126. The van der Waals surface area contributed by atoms with Crippen molar-refractivity contribution in [2.24, 2.45) is 7.05 Å². The van der Waals surface area contributed by atoms with Crippen molar-refractivity contribution in [1.29, 1.82) is 0 Å². The Labute approximate surface area is 141 Å². The van der Waals surface area contributed by atoms with Crippen molar-refractivity contribution < 1.29 is 9.90 Å². The maximum atomic E-state index is 12.5. The number of carbonyl (C=O) groups is 1. The number of urea groups is 1. The molecule has 1 aliphatic rings. The van der Waals surface area contributed by atoms with Gasteiger partial charge in [-0.05, 0) is 24.8 Å². The maximum absolute atomic E-state index is 12.5. The van der Waals surface area contributed by atoms with Crippen LogP contribution in [0.4, 0.5) is 4.79 Å². The van der Waals surface area contributed by atoms with Crippen LogP contribution in [0.1, 0.15) is 36.8 Å². The second-order valence-corrected chi connectivity index (χ2v) is 6.11. The molecule has 2 aromatic rings.